The minimum absolute atomic E-state index is 0.0430. The quantitative estimate of drug-likeness (QED) is 0.469. The number of nitro groups is 1. The highest BCUT2D eigenvalue weighted by Gasteiger charge is 2.23. The lowest BCUT2D eigenvalue weighted by Gasteiger charge is -2.05. The summed E-state index contributed by atoms with van der Waals surface area (Å²) >= 11 is 0. The number of aryl methyl sites for hydroxylation is 3. The van der Waals surface area contributed by atoms with Crippen LogP contribution in [0.15, 0.2) is 4.52 Å². The molecule has 0 saturated heterocycles. The van der Waals surface area contributed by atoms with Gasteiger partial charge in [0.1, 0.15) is 30.3 Å². The second-order valence-corrected chi connectivity index (χ2v) is 4.90. The van der Waals surface area contributed by atoms with E-state index in [9.17, 15) is 14.9 Å². The summed E-state index contributed by atoms with van der Waals surface area (Å²) in [6.45, 7) is 6.40. The molecule has 22 heavy (non-hydrogen) atoms. The van der Waals surface area contributed by atoms with E-state index in [2.05, 4.69) is 10.3 Å². The van der Waals surface area contributed by atoms with Gasteiger partial charge >= 0.3 is 11.7 Å². The van der Waals surface area contributed by atoms with Crippen LogP contribution < -0.4 is 0 Å². The largest absolute Gasteiger partial charge is 0.459 e. The molecule has 9 heteroatoms. The monoisotopic (exact) mass is 308 g/mol. The summed E-state index contributed by atoms with van der Waals surface area (Å²) in [5.74, 6) is 0.0487. The van der Waals surface area contributed by atoms with Gasteiger partial charge in [0.15, 0.2) is 0 Å². The number of ether oxygens (including phenoxy) is 1. The highest BCUT2D eigenvalue weighted by molar-refractivity contribution is 5.69. The molecular weight excluding hydrogens is 292 g/mol. The van der Waals surface area contributed by atoms with Gasteiger partial charge in [-0.2, -0.15) is 5.10 Å². The van der Waals surface area contributed by atoms with Crippen molar-refractivity contribution < 1.29 is 19.0 Å². The van der Waals surface area contributed by atoms with Crippen LogP contribution >= 0.6 is 0 Å². The van der Waals surface area contributed by atoms with Crippen LogP contribution in [0.4, 0.5) is 5.69 Å². The predicted octanol–water partition coefficient (Wildman–Crippen LogP) is 1.76. The first-order valence-corrected chi connectivity index (χ1v) is 6.57. The lowest BCUT2D eigenvalue weighted by atomic mass is 10.2. The van der Waals surface area contributed by atoms with Gasteiger partial charge in [0, 0.05) is 0 Å². The van der Waals surface area contributed by atoms with E-state index in [1.807, 2.05) is 0 Å². The van der Waals surface area contributed by atoms with E-state index in [1.165, 1.54) is 11.6 Å². The van der Waals surface area contributed by atoms with Crippen molar-refractivity contribution in [1.29, 1.82) is 0 Å². The Morgan fingerprint density at radius 1 is 1.32 bits per heavy atom. The van der Waals surface area contributed by atoms with Crippen molar-refractivity contribution in [2.75, 3.05) is 0 Å². The molecule has 0 spiro atoms. The van der Waals surface area contributed by atoms with Gasteiger partial charge in [-0.25, -0.2) is 0 Å². The zero-order valence-electron chi connectivity index (χ0n) is 12.7. The summed E-state index contributed by atoms with van der Waals surface area (Å²) in [7, 11) is 0. The number of hydrogen-bond donors (Lipinski definition) is 0. The Labute approximate surface area is 126 Å². The van der Waals surface area contributed by atoms with Gasteiger partial charge in [0.25, 0.3) is 0 Å². The van der Waals surface area contributed by atoms with Gasteiger partial charge < -0.3 is 9.26 Å². The second-order valence-electron chi connectivity index (χ2n) is 4.90. The number of rotatable bonds is 5. The Bertz CT molecular complexity index is 712. The van der Waals surface area contributed by atoms with Gasteiger partial charge in [-0.1, -0.05) is 5.16 Å². The molecule has 0 fully saturated rings. The molecule has 0 aliphatic carbocycles. The number of aromatic nitrogens is 3. The smallest absolute Gasteiger partial charge is 0.328 e. The third-order valence-corrected chi connectivity index (χ3v) is 3.36. The topological polar surface area (TPSA) is 113 Å². The molecule has 0 saturated carbocycles. The van der Waals surface area contributed by atoms with Gasteiger partial charge in [-0.3, -0.25) is 19.6 Å². The van der Waals surface area contributed by atoms with E-state index >= 15 is 0 Å². The Morgan fingerprint density at radius 2 is 2.00 bits per heavy atom. The van der Waals surface area contributed by atoms with E-state index in [4.69, 9.17) is 9.26 Å². The lowest BCUT2D eigenvalue weighted by Crippen LogP contribution is -2.16. The Kier molecular flexibility index (Phi) is 4.25. The van der Waals surface area contributed by atoms with Crippen molar-refractivity contribution in [2.45, 2.75) is 40.8 Å². The molecule has 0 aliphatic rings. The van der Waals surface area contributed by atoms with Crippen molar-refractivity contribution in [3.05, 3.63) is 38.5 Å². The average molecular weight is 308 g/mol. The molecule has 9 nitrogen and oxygen atoms in total. The number of carbonyl (C=O) groups is 1. The highest BCUT2D eigenvalue weighted by Crippen LogP contribution is 2.21. The number of carbonyl (C=O) groups excluding carboxylic acids is 1. The summed E-state index contributed by atoms with van der Waals surface area (Å²) in [4.78, 5) is 22.3. The van der Waals surface area contributed by atoms with Crippen LogP contribution in [0, 0.1) is 37.8 Å². The second kappa shape index (κ2) is 5.96. The molecule has 2 aromatic heterocycles. The van der Waals surface area contributed by atoms with Gasteiger partial charge in [0.2, 0.25) is 0 Å². The molecule has 0 aliphatic heterocycles. The third kappa shape index (κ3) is 2.97. The maximum absolute atomic E-state index is 11.9. The average Bonchev–Trinajstić information content (AvgIpc) is 2.88. The van der Waals surface area contributed by atoms with Gasteiger partial charge in [-0.15, -0.1) is 0 Å². The SMILES string of the molecule is Cc1noc(C)c1COC(=O)Cn1nc(C)c([N+](=O)[O-])c1C. The summed E-state index contributed by atoms with van der Waals surface area (Å²) in [5, 5.41) is 18.7. The van der Waals surface area contributed by atoms with E-state index in [0.29, 0.717) is 22.7 Å². The molecule has 0 N–H and O–H groups in total. The first-order valence-electron chi connectivity index (χ1n) is 6.57. The van der Waals surface area contributed by atoms with Crippen molar-refractivity contribution in [3.8, 4) is 0 Å². The standard InChI is InChI=1S/C13H16N4O5/c1-7-11(10(4)22-15-7)6-21-12(18)5-16-9(3)13(17(19)20)8(2)14-16/h5-6H2,1-4H3. The van der Waals surface area contributed by atoms with Gasteiger partial charge in [-0.05, 0) is 27.7 Å². The van der Waals surface area contributed by atoms with E-state index in [0.717, 1.165) is 0 Å². The molecule has 0 aromatic carbocycles. The molecular formula is C13H16N4O5. The number of esters is 1. The zero-order chi connectivity index (χ0) is 16.4. The van der Waals surface area contributed by atoms with E-state index in [-0.39, 0.29) is 24.5 Å². The first kappa shape index (κ1) is 15.7. The lowest BCUT2D eigenvalue weighted by molar-refractivity contribution is -0.386. The van der Waals surface area contributed by atoms with Crippen molar-refractivity contribution in [1.82, 2.24) is 14.9 Å². The van der Waals surface area contributed by atoms with Crippen LogP contribution in [-0.4, -0.2) is 25.8 Å². The van der Waals surface area contributed by atoms with E-state index < -0.39 is 10.9 Å². The summed E-state index contributed by atoms with van der Waals surface area (Å²) in [6, 6.07) is 0. The fourth-order valence-electron chi connectivity index (χ4n) is 2.13. The van der Waals surface area contributed by atoms with Gasteiger partial charge in [0.05, 0.1) is 16.2 Å². The molecule has 0 radical (unpaired) electrons. The summed E-state index contributed by atoms with van der Waals surface area (Å²) < 4.78 is 11.4. The Balaban J connectivity index is 2.04. The summed E-state index contributed by atoms with van der Waals surface area (Å²) in [5.41, 5.74) is 1.87. The normalized spacial score (nSPS) is 10.7. The van der Waals surface area contributed by atoms with Crippen LogP contribution in [0.5, 0.6) is 0 Å². The fourth-order valence-corrected chi connectivity index (χ4v) is 2.13. The minimum Gasteiger partial charge on any atom is -0.459 e. The van der Waals surface area contributed by atoms with Crippen LogP contribution in [-0.2, 0) is 22.7 Å². The molecule has 0 unspecified atom stereocenters. The van der Waals surface area contributed by atoms with Crippen LogP contribution in [0.1, 0.15) is 28.4 Å². The van der Waals surface area contributed by atoms with Crippen molar-refractivity contribution in [3.63, 3.8) is 0 Å². The summed E-state index contributed by atoms with van der Waals surface area (Å²) in [6.07, 6.45) is 0. The fraction of sp³-hybridized carbons (Fsp3) is 0.462. The predicted molar refractivity (Wildman–Crippen MR) is 74.1 cm³/mol. The van der Waals surface area contributed by atoms with Crippen molar-refractivity contribution >= 4 is 11.7 Å². The van der Waals surface area contributed by atoms with Crippen molar-refractivity contribution in [2.24, 2.45) is 0 Å². The molecule has 118 valence electrons. The third-order valence-electron chi connectivity index (χ3n) is 3.36. The van der Waals surface area contributed by atoms with Crippen LogP contribution in [0.3, 0.4) is 0 Å². The number of hydrogen-bond acceptors (Lipinski definition) is 7. The maximum Gasteiger partial charge on any atom is 0.328 e. The van der Waals surface area contributed by atoms with Crippen LogP contribution in [0.25, 0.3) is 0 Å². The Morgan fingerprint density at radius 3 is 2.50 bits per heavy atom. The maximum atomic E-state index is 11.9. The van der Waals surface area contributed by atoms with E-state index in [1.54, 1.807) is 20.8 Å². The molecule has 2 rings (SSSR count). The van der Waals surface area contributed by atoms with Crippen LogP contribution in [0.2, 0.25) is 0 Å². The highest BCUT2D eigenvalue weighted by atomic mass is 16.6. The number of nitrogens with zero attached hydrogens (tertiary/aromatic N) is 4. The molecule has 2 aromatic rings. The molecule has 0 amide bonds. The molecule has 0 atom stereocenters. The molecule has 0 bridgehead atoms. The Hall–Kier alpha value is -2.71. The first-order chi connectivity index (χ1) is 10.3. The zero-order valence-corrected chi connectivity index (χ0v) is 12.7. The minimum atomic E-state index is -0.541. The molecule has 2 heterocycles.